The van der Waals surface area contributed by atoms with E-state index >= 15 is 0 Å². The van der Waals surface area contributed by atoms with E-state index in [4.69, 9.17) is 4.74 Å². The lowest BCUT2D eigenvalue weighted by Crippen LogP contribution is -2.25. The number of anilines is 1. The first-order valence-corrected chi connectivity index (χ1v) is 7.70. The summed E-state index contributed by atoms with van der Waals surface area (Å²) in [6.07, 6.45) is 4.68. The molecule has 0 atom stereocenters. The van der Waals surface area contributed by atoms with E-state index in [1.807, 2.05) is 24.3 Å². The van der Waals surface area contributed by atoms with E-state index in [9.17, 15) is 9.59 Å². The number of benzene rings is 2. The van der Waals surface area contributed by atoms with Gasteiger partial charge in [-0.25, -0.2) is 4.98 Å². The Bertz CT molecular complexity index is 1030. The Morgan fingerprint density at radius 2 is 2.00 bits per heavy atom. The van der Waals surface area contributed by atoms with Gasteiger partial charge in [-0.05, 0) is 42.5 Å². The molecular weight excluding hydrogens is 318 g/mol. The number of nitrogens with zero attached hydrogens (tertiary/aromatic N) is 2. The van der Waals surface area contributed by atoms with Gasteiger partial charge >= 0.3 is 0 Å². The predicted octanol–water partition coefficient (Wildman–Crippen LogP) is 2.86. The van der Waals surface area contributed by atoms with Crippen LogP contribution >= 0.6 is 0 Å². The number of carbonyl (C=O) groups excluding carboxylic acids is 2. The summed E-state index contributed by atoms with van der Waals surface area (Å²) in [4.78, 5) is 32.5. The first-order chi connectivity index (χ1) is 12.2. The Labute approximate surface area is 143 Å². The normalized spacial score (nSPS) is 13.4. The first kappa shape index (κ1) is 15.0. The van der Waals surface area contributed by atoms with Gasteiger partial charge in [0.15, 0.2) is 12.4 Å². The van der Waals surface area contributed by atoms with Crippen LogP contribution in [0.25, 0.3) is 17.1 Å². The van der Waals surface area contributed by atoms with Crippen molar-refractivity contribution in [2.24, 2.45) is 0 Å². The lowest BCUT2D eigenvalue weighted by atomic mass is 10.1. The van der Waals surface area contributed by atoms with Crippen LogP contribution in [0.5, 0.6) is 5.75 Å². The highest BCUT2D eigenvalue weighted by molar-refractivity contribution is 6.08. The fourth-order valence-corrected chi connectivity index (χ4v) is 2.55. The molecule has 0 aliphatic carbocycles. The summed E-state index contributed by atoms with van der Waals surface area (Å²) in [5.41, 5.74) is 3.12. The monoisotopic (exact) mass is 331 g/mol. The molecule has 0 spiro atoms. The molecule has 2 aromatic carbocycles. The van der Waals surface area contributed by atoms with Crippen molar-refractivity contribution in [3.05, 3.63) is 66.0 Å². The number of hydrogen-bond acceptors (Lipinski definition) is 5. The number of nitrogens with one attached hydrogen (secondary N) is 1. The highest BCUT2D eigenvalue weighted by atomic mass is 16.5. The molecule has 6 heteroatoms. The molecular formula is C19H13N3O3. The molecule has 0 bridgehead atoms. The zero-order valence-electron chi connectivity index (χ0n) is 13.1. The van der Waals surface area contributed by atoms with E-state index in [-0.39, 0.29) is 18.3 Å². The van der Waals surface area contributed by atoms with Crippen molar-refractivity contribution >= 4 is 34.5 Å². The van der Waals surface area contributed by atoms with Gasteiger partial charge in [-0.2, -0.15) is 0 Å². The maximum absolute atomic E-state index is 12.4. The van der Waals surface area contributed by atoms with Crippen molar-refractivity contribution in [1.82, 2.24) is 9.97 Å². The lowest BCUT2D eigenvalue weighted by molar-refractivity contribution is -0.118. The van der Waals surface area contributed by atoms with Crippen molar-refractivity contribution < 1.29 is 14.3 Å². The third-order valence-electron chi connectivity index (χ3n) is 3.77. The van der Waals surface area contributed by atoms with Crippen molar-refractivity contribution in [2.75, 3.05) is 11.9 Å². The molecule has 3 aromatic rings. The van der Waals surface area contributed by atoms with Gasteiger partial charge in [0.05, 0.1) is 28.6 Å². The first-order valence-electron chi connectivity index (χ1n) is 7.70. The number of rotatable bonds is 3. The molecule has 1 N–H and O–H groups in total. The summed E-state index contributed by atoms with van der Waals surface area (Å²) in [6, 6.07) is 12.5. The Kier molecular flexibility index (Phi) is 3.70. The Morgan fingerprint density at radius 3 is 2.88 bits per heavy atom. The van der Waals surface area contributed by atoms with Crippen LogP contribution in [0.3, 0.4) is 0 Å². The van der Waals surface area contributed by atoms with Gasteiger partial charge < -0.3 is 10.1 Å². The molecule has 0 saturated heterocycles. The molecule has 4 rings (SSSR count). The van der Waals surface area contributed by atoms with Gasteiger partial charge in [-0.15, -0.1) is 0 Å². The average Bonchev–Trinajstić information content (AvgIpc) is 2.65. The number of fused-ring (bicyclic) bond motifs is 2. The molecule has 6 nitrogen and oxygen atoms in total. The molecule has 0 unspecified atom stereocenters. The van der Waals surface area contributed by atoms with Crippen LogP contribution in [0.4, 0.5) is 5.69 Å². The third-order valence-corrected chi connectivity index (χ3v) is 3.77. The SMILES string of the molecule is O=C1COc2ccc(C(=O)/C=C/c3cnc4ccccc4n3)cc2N1. The molecule has 2 heterocycles. The molecule has 1 aliphatic rings. The molecule has 25 heavy (non-hydrogen) atoms. The molecule has 1 amide bonds. The molecule has 0 saturated carbocycles. The van der Waals surface area contributed by atoms with E-state index < -0.39 is 0 Å². The molecule has 0 radical (unpaired) electrons. The van der Waals surface area contributed by atoms with E-state index in [1.54, 1.807) is 30.5 Å². The Balaban J connectivity index is 1.57. The molecule has 122 valence electrons. The average molecular weight is 331 g/mol. The van der Waals surface area contributed by atoms with Crippen molar-refractivity contribution in [3.63, 3.8) is 0 Å². The fourth-order valence-electron chi connectivity index (χ4n) is 2.55. The number of aromatic nitrogens is 2. The number of carbonyl (C=O) groups is 2. The van der Waals surface area contributed by atoms with E-state index in [0.717, 1.165) is 11.0 Å². The third kappa shape index (κ3) is 3.10. The van der Waals surface area contributed by atoms with Crippen LogP contribution < -0.4 is 10.1 Å². The quantitative estimate of drug-likeness (QED) is 0.589. The smallest absolute Gasteiger partial charge is 0.262 e. The van der Waals surface area contributed by atoms with Crippen molar-refractivity contribution in [3.8, 4) is 5.75 Å². The second kappa shape index (κ2) is 6.16. The lowest BCUT2D eigenvalue weighted by Gasteiger charge is -2.17. The van der Waals surface area contributed by atoms with Gasteiger partial charge in [-0.1, -0.05) is 12.1 Å². The number of allylic oxidation sites excluding steroid dienone is 1. The number of amides is 1. The van der Waals surface area contributed by atoms with E-state index in [1.165, 1.54) is 6.08 Å². The van der Waals surface area contributed by atoms with Crippen LogP contribution in [0.15, 0.2) is 54.7 Å². The van der Waals surface area contributed by atoms with Crippen LogP contribution in [0.1, 0.15) is 16.1 Å². The van der Waals surface area contributed by atoms with Crippen molar-refractivity contribution in [1.29, 1.82) is 0 Å². The zero-order valence-corrected chi connectivity index (χ0v) is 13.1. The number of para-hydroxylation sites is 2. The van der Waals surface area contributed by atoms with Crippen LogP contribution in [0, 0.1) is 0 Å². The second-order valence-corrected chi connectivity index (χ2v) is 5.53. The summed E-state index contributed by atoms with van der Waals surface area (Å²) in [6.45, 7) is -0.0131. The van der Waals surface area contributed by atoms with Gasteiger partial charge in [0.2, 0.25) is 0 Å². The number of ether oxygens (including phenoxy) is 1. The van der Waals surface area contributed by atoms with Gasteiger partial charge in [0.25, 0.3) is 5.91 Å². The number of ketones is 1. The summed E-state index contributed by atoms with van der Waals surface area (Å²) in [7, 11) is 0. The van der Waals surface area contributed by atoms with Crippen LogP contribution in [-0.2, 0) is 4.79 Å². The molecule has 0 fully saturated rings. The minimum Gasteiger partial charge on any atom is -0.482 e. The topological polar surface area (TPSA) is 81.2 Å². The maximum atomic E-state index is 12.4. The van der Waals surface area contributed by atoms with Gasteiger partial charge in [0.1, 0.15) is 5.75 Å². The molecule has 1 aliphatic heterocycles. The van der Waals surface area contributed by atoms with E-state index in [0.29, 0.717) is 22.7 Å². The maximum Gasteiger partial charge on any atom is 0.262 e. The zero-order chi connectivity index (χ0) is 17.2. The summed E-state index contributed by atoms with van der Waals surface area (Å²) >= 11 is 0. The summed E-state index contributed by atoms with van der Waals surface area (Å²) < 4.78 is 5.28. The minimum absolute atomic E-state index is 0.0131. The predicted molar refractivity (Wildman–Crippen MR) is 93.5 cm³/mol. The Morgan fingerprint density at radius 1 is 1.16 bits per heavy atom. The Hall–Kier alpha value is -3.54. The van der Waals surface area contributed by atoms with Crippen LogP contribution in [0.2, 0.25) is 0 Å². The van der Waals surface area contributed by atoms with Crippen LogP contribution in [-0.4, -0.2) is 28.3 Å². The van der Waals surface area contributed by atoms with E-state index in [2.05, 4.69) is 15.3 Å². The summed E-state index contributed by atoms with van der Waals surface area (Å²) in [5.74, 6) is 0.122. The van der Waals surface area contributed by atoms with Crippen molar-refractivity contribution in [2.45, 2.75) is 0 Å². The number of hydrogen-bond donors (Lipinski definition) is 1. The standard InChI is InChI=1S/C19H13N3O3/c23-17(12-5-8-18-16(9-12)22-19(24)11-25-18)7-6-13-10-20-14-3-1-2-4-15(14)21-13/h1-10H,11H2,(H,22,24)/b7-6+. The second-order valence-electron chi connectivity index (χ2n) is 5.53. The fraction of sp³-hybridized carbons (Fsp3) is 0.0526. The largest absolute Gasteiger partial charge is 0.482 e. The minimum atomic E-state index is -0.237. The highest BCUT2D eigenvalue weighted by Gasteiger charge is 2.17. The highest BCUT2D eigenvalue weighted by Crippen LogP contribution is 2.28. The molecule has 1 aromatic heterocycles. The summed E-state index contributed by atoms with van der Waals surface area (Å²) in [5, 5.41) is 2.69. The van der Waals surface area contributed by atoms with Gasteiger partial charge in [0, 0.05) is 5.56 Å². The van der Waals surface area contributed by atoms with Gasteiger partial charge in [-0.3, -0.25) is 14.6 Å².